The number of para-hydroxylation sites is 1. The number of aromatic nitrogens is 3. The van der Waals surface area contributed by atoms with E-state index in [2.05, 4.69) is 133 Å². The first-order valence-electron chi connectivity index (χ1n) is 16.9. The second-order valence-electron chi connectivity index (χ2n) is 12.8. The Morgan fingerprint density at radius 2 is 0.920 bits per heavy atom. The highest BCUT2D eigenvalue weighted by Gasteiger charge is 2.22. The first kappa shape index (κ1) is 28.4. The predicted octanol–water partition coefficient (Wildman–Crippen LogP) is 11.7. The average molecular weight is 640 g/mol. The molecule has 2 aromatic heterocycles. The zero-order chi connectivity index (χ0) is 33.0. The van der Waals surface area contributed by atoms with Crippen LogP contribution in [0.2, 0.25) is 0 Å². The molecule has 0 bridgehead atoms. The van der Waals surface area contributed by atoms with Gasteiger partial charge < -0.3 is 4.42 Å². The Morgan fingerprint density at radius 1 is 0.360 bits per heavy atom. The van der Waals surface area contributed by atoms with Crippen molar-refractivity contribution >= 4 is 21.9 Å². The number of fused-ring (bicyclic) bond motifs is 6. The molecule has 1 aliphatic rings. The molecule has 50 heavy (non-hydrogen) atoms. The first-order valence-corrected chi connectivity index (χ1v) is 16.9. The van der Waals surface area contributed by atoms with Gasteiger partial charge in [0.25, 0.3) is 0 Å². The molecule has 9 aromatic rings. The van der Waals surface area contributed by atoms with E-state index in [1.54, 1.807) is 0 Å². The Morgan fingerprint density at radius 3 is 1.74 bits per heavy atom. The fourth-order valence-electron chi connectivity index (χ4n) is 7.35. The number of benzene rings is 7. The van der Waals surface area contributed by atoms with Crippen LogP contribution in [0.4, 0.5) is 0 Å². The van der Waals surface area contributed by atoms with E-state index in [4.69, 9.17) is 19.4 Å². The molecule has 234 valence electrons. The Hall–Kier alpha value is -6.65. The molecule has 0 radical (unpaired) electrons. The fourth-order valence-corrected chi connectivity index (χ4v) is 7.35. The zero-order valence-corrected chi connectivity index (χ0v) is 27.0. The van der Waals surface area contributed by atoms with E-state index in [1.165, 1.54) is 27.8 Å². The molecular formula is C46H29N3O. The van der Waals surface area contributed by atoms with E-state index in [-0.39, 0.29) is 0 Å². The van der Waals surface area contributed by atoms with Crippen LogP contribution < -0.4 is 0 Å². The largest absolute Gasteiger partial charge is 0.456 e. The summed E-state index contributed by atoms with van der Waals surface area (Å²) in [4.78, 5) is 15.3. The molecular weight excluding hydrogens is 611 g/mol. The van der Waals surface area contributed by atoms with Gasteiger partial charge in [-0.1, -0.05) is 133 Å². The lowest BCUT2D eigenvalue weighted by Crippen LogP contribution is -2.00. The third-order valence-corrected chi connectivity index (χ3v) is 9.78. The van der Waals surface area contributed by atoms with Crippen molar-refractivity contribution in [1.29, 1.82) is 0 Å². The normalized spacial score (nSPS) is 11.9. The third kappa shape index (κ3) is 4.81. The molecule has 0 N–H and O–H groups in total. The fraction of sp³-hybridized carbons (Fsp3) is 0.0217. The van der Waals surface area contributed by atoms with Gasteiger partial charge in [-0.2, -0.15) is 0 Å². The summed E-state index contributed by atoms with van der Waals surface area (Å²) in [5, 5.41) is 2.16. The van der Waals surface area contributed by atoms with Crippen molar-refractivity contribution in [2.24, 2.45) is 0 Å². The van der Waals surface area contributed by atoms with Gasteiger partial charge in [0.05, 0.1) is 0 Å². The van der Waals surface area contributed by atoms with Gasteiger partial charge in [0.2, 0.25) is 0 Å². The Kier molecular flexibility index (Phi) is 6.53. The molecule has 0 atom stereocenters. The van der Waals surface area contributed by atoms with Gasteiger partial charge in [0, 0.05) is 27.5 Å². The summed E-state index contributed by atoms with van der Waals surface area (Å²) in [6, 6.07) is 57.1. The van der Waals surface area contributed by atoms with Crippen LogP contribution in [-0.4, -0.2) is 15.0 Å². The molecule has 0 amide bonds. The number of hydrogen-bond acceptors (Lipinski definition) is 4. The Balaban J connectivity index is 1.13. The summed E-state index contributed by atoms with van der Waals surface area (Å²) in [5.41, 5.74) is 14.4. The van der Waals surface area contributed by atoms with Crippen molar-refractivity contribution in [3.8, 4) is 67.5 Å². The maximum absolute atomic E-state index is 6.26. The number of nitrogens with zero attached hydrogens (tertiary/aromatic N) is 3. The van der Waals surface area contributed by atoms with Crippen LogP contribution in [0, 0.1) is 0 Å². The molecule has 1 aliphatic carbocycles. The molecule has 0 unspecified atom stereocenters. The minimum atomic E-state index is 0.596. The molecule has 7 aromatic carbocycles. The molecule has 4 heteroatoms. The Bertz CT molecular complexity index is 2740. The lowest BCUT2D eigenvalue weighted by Gasteiger charge is -2.12. The topological polar surface area (TPSA) is 51.8 Å². The smallest absolute Gasteiger partial charge is 0.164 e. The maximum Gasteiger partial charge on any atom is 0.164 e. The van der Waals surface area contributed by atoms with Crippen LogP contribution in [0.1, 0.15) is 11.1 Å². The molecule has 10 rings (SSSR count). The summed E-state index contributed by atoms with van der Waals surface area (Å²) in [6.07, 6.45) is 0.925. The molecule has 0 aliphatic heterocycles. The van der Waals surface area contributed by atoms with Gasteiger partial charge in [-0.15, -0.1) is 0 Å². The lowest BCUT2D eigenvalue weighted by atomic mass is 9.94. The van der Waals surface area contributed by atoms with E-state index in [0.29, 0.717) is 17.5 Å². The van der Waals surface area contributed by atoms with Gasteiger partial charge >= 0.3 is 0 Å². The van der Waals surface area contributed by atoms with Crippen molar-refractivity contribution in [3.63, 3.8) is 0 Å². The summed E-state index contributed by atoms with van der Waals surface area (Å²) in [7, 11) is 0. The molecule has 0 fully saturated rings. The molecule has 2 heterocycles. The quantitative estimate of drug-likeness (QED) is 0.188. The van der Waals surface area contributed by atoms with Gasteiger partial charge in [0.15, 0.2) is 17.5 Å². The standard InChI is InChI=1S/C46H29N3O/c1-2-11-29(12-3-1)30-14-8-16-33(25-30)44-47-45(49-46(48-44)35-23-24-40-39-19-6-7-22-42(39)50-43(40)28-35)34-17-9-15-31(26-34)37-20-10-21-38-36-18-5-4-13-32(36)27-41(37)38/h1-26,28H,27H2. The highest BCUT2D eigenvalue weighted by Crippen LogP contribution is 2.42. The van der Waals surface area contributed by atoms with E-state index >= 15 is 0 Å². The zero-order valence-electron chi connectivity index (χ0n) is 27.0. The summed E-state index contributed by atoms with van der Waals surface area (Å²) in [6.45, 7) is 0. The van der Waals surface area contributed by atoms with Gasteiger partial charge in [-0.3, -0.25) is 0 Å². The Labute approximate surface area is 289 Å². The van der Waals surface area contributed by atoms with E-state index in [9.17, 15) is 0 Å². The predicted molar refractivity (Wildman–Crippen MR) is 203 cm³/mol. The van der Waals surface area contributed by atoms with E-state index in [0.717, 1.165) is 61.7 Å². The second-order valence-corrected chi connectivity index (χ2v) is 12.8. The van der Waals surface area contributed by atoms with Crippen molar-refractivity contribution < 1.29 is 4.42 Å². The van der Waals surface area contributed by atoms with E-state index in [1.807, 2.05) is 30.3 Å². The van der Waals surface area contributed by atoms with Crippen LogP contribution in [-0.2, 0) is 6.42 Å². The maximum atomic E-state index is 6.26. The van der Waals surface area contributed by atoms with Crippen LogP contribution in [0.3, 0.4) is 0 Å². The van der Waals surface area contributed by atoms with Crippen molar-refractivity contribution in [2.75, 3.05) is 0 Å². The van der Waals surface area contributed by atoms with Crippen molar-refractivity contribution in [1.82, 2.24) is 15.0 Å². The van der Waals surface area contributed by atoms with Crippen LogP contribution in [0.15, 0.2) is 168 Å². The second kappa shape index (κ2) is 11.5. The third-order valence-electron chi connectivity index (χ3n) is 9.78. The summed E-state index contributed by atoms with van der Waals surface area (Å²) >= 11 is 0. The van der Waals surface area contributed by atoms with Gasteiger partial charge in [-0.25, -0.2) is 15.0 Å². The number of hydrogen-bond donors (Lipinski definition) is 0. The van der Waals surface area contributed by atoms with Crippen LogP contribution in [0.5, 0.6) is 0 Å². The molecule has 4 nitrogen and oxygen atoms in total. The highest BCUT2D eigenvalue weighted by molar-refractivity contribution is 6.05. The lowest BCUT2D eigenvalue weighted by molar-refractivity contribution is 0.669. The summed E-state index contributed by atoms with van der Waals surface area (Å²) < 4.78 is 6.26. The number of furan rings is 1. The average Bonchev–Trinajstić information content (AvgIpc) is 3.76. The van der Waals surface area contributed by atoms with Crippen LogP contribution in [0.25, 0.3) is 89.5 Å². The molecule has 0 saturated carbocycles. The van der Waals surface area contributed by atoms with Crippen molar-refractivity contribution in [2.45, 2.75) is 6.42 Å². The summed E-state index contributed by atoms with van der Waals surface area (Å²) in [5.74, 6) is 1.84. The SMILES string of the molecule is c1ccc(-c2cccc(-c3nc(-c4cccc(-c5cccc6c5Cc5ccccc5-6)c4)nc(-c4ccc5c(c4)oc4ccccc45)n3)c2)cc1. The molecule has 0 spiro atoms. The van der Waals surface area contributed by atoms with Crippen molar-refractivity contribution in [3.05, 3.63) is 175 Å². The number of rotatable bonds is 5. The first-order chi connectivity index (χ1) is 24.7. The van der Waals surface area contributed by atoms with Gasteiger partial charge in [-0.05, 0) is 81.3 Å². The highest BCUT2D eigenvalue weighted by atomic mass is 16.3. The monoisotopic (exact) mass is 639 g/mol. The van der Waals surface area contributed by atoms with E-state index < -0.39 is 0 Å². The minimum Gasteiger partial charge on any atom is -0.456 e. The van der Waals surface area contributed by atoms with Gasteiger partial charge in [0.1, 0.15) is 11.2 Å². The molecule has 0 saturated heterocycles. The van der Waals surface area contributed by atoms with Crippen LogP contribution >= 0.6 is 0 Å². The minimum absolute atomic E-state index is 0.596.